The maximum atomic E-state index is 13.3. The van der Waals surface area contributed by atoms with Gasteiger partial charge in [-0.05, 0) is 72.1 Å². The van der Waals surface area contributed by atoms with Crippen molar-refractivity contribution in [2.24, 2.45) is 0 Å². The summed E-state index contributed by atoms with van der Waals surface area (Å²) in [6.07, 6.45) is -1.66. The van der Waals surface area contributed by atoms with Crippen LogP contribution in [0.15, 0.2) is 77.6 Å². The molecule has 0 radical (unpaired) electrons. The van der Waals surface area contributed by atoms with Crippen molar-refractivity contribution >= 4 is 23.0 Å². The highest BCUT2D eigenvalue weighted by Gasteiger charge is 2.35. The molecule has 0 spiro atoms. The van der Waals surface area contributed by atoms with Gasteiger partial charge < -0.3 is 19.6 Å². The van der Waals surface area contributed by atoms with Gasteiger partial charge in [-0.25, -0.2) is 9.59 Å². The number of fused-ring (bicyclic) bond motifs is 4. The Balaban J connectivity index is 1.33. The third kappa shape index (κ3) is 5.57. The van der Waals surface area contributed by atoms with Gasteiger partial charge in [0.1, 0.15) is 12.1 Å². The normalized spacial score (nSPS) is 14.2. The molecule has 1 aliphatic rings. The van der Waals surface area contributed by atoms with Crippen molar-refractivity contribution < 1.29 is 23.9 Å². The zero-order valence-electron chi connectivity index (χ0n) is 22.7. The summed E-state index contributed by atoms with van der Waals surface area (Å²) < 4.78 is 11.6. The fourth-order valence-electron chi connectivity index (χ4n) is 4.94. The topological polar surface area (TPSA) is 122 Å². The number of nitrogens with zero attached hydrogens (tertiary/aromatic N) is 3. The third-order valence-corrected chi connectivity index (χ3v) is 6.60. The monoisotopic (exact) mass is 542 g/mol. The van der Waals surface area contributed by atoms with Crippen molar-refractivity contribution in [3.05, 3.63) is 94.3 Å². The van der Waals surface area contributed by atoms with E-state index >= 15 is 0 Å². The van der Waals surface area contributed by atoms with E-state index in [1.54, 1.807) is 31.2 Å². The minimum absolute atomic E-state index is 0.0613. The number of rotatable bonds is 7. The van der Waals surface area contributed by atoms with Crippen molar-refractivity contribution in [3.8, 4) is 11.1 Å². The Bertz CT molecular complexity index is 1580. The van der Waals surface area contributed by atoms with Gasteiger partial charge in [0.25, 0.3) is 0 Å². The highest BCUT2D eigenvalue weighted by Crippen LogP contribution is 2.44. The summed E-state index contributed by atoms with van der Waals surface area (Å²) in [7, 11) is 0. The van der Waals surface area contributed by atoms with Gasteiger partial charge in [-0.2, -0.15) is 0 Å². The number of alkyl carbamates (subject to hydrolysis) is 1. The zero-order chi connectivity index (χ0) is 28.4. The van der Waals surface area contributed by atoms with Crippen LogP contribution in [-0.4, -0.2) is 51.6 Å². The molecule has 40 heavy (non-hydrogen) atoms. The number of hydrogen-bond donors (Lipinski definition) is 1. The number of nitrogens with one attached hydrogen (secondary N) is 1. The van der Waals surface area contributed by atoms with Crippen LogP contribution in [0.2, 0.25) is 0 Å². The van der Waals surface area contributed by atoms with E-state index in [9.17, 15) is 14.4 Å². The van der Waals surface area contributed by atoms with Crippen LogP contribution >= 0.6 is 0 Å². The van der Waals surface area contributed by atoms with Gasteiger partial charge in [0, 0.05) is 5.92 Å². The highest BCUT2D eigenvalue weighted by atomic mass is 16.7. The number of benzene rings is 3. The van der Waals surface area contributed by atoms with Crippen LogP contribution < -0.4 is 15.7 Å². The van der Waals surface area contributed by atoms with Crippen molar-refractivity contribution in [1.29, 1.82) is 0 Å². The summed E-state index contributed by atoms with van der Waals surface area (Å²) in [5.74, 6) is -1.12. The molecule has 10 heteroatoms. The average Bonchev–Trinajstić information content (AvgIpc) is 3.25. The lowest BCUT2D eigenvalue weighted by atomic mass is 9.98. The first-order chi connectivity index (χ1) is 19.1. The Morgan fingerprint density at radius 1 is 0.950 bits per heavy atom. The molecule has 0 aliphatic heterocycles. The standard InChI is InChI=1S/C30H30N4O6/c1-18(39-30(2,3)4)26(28(36)40-34-27(35)23-15-9-10-16-25(23)32-33-34)31-29(37)38-17-24-21-13-7-5-11-19(21)20-12-6-8-14-22(20)24/h5-16,18,24,26H,17H2,1-4H3,(H,31,37)/t18-,26-/m1/s1. The highest BCUT2D eigenvalue weighted by molar-refractivity contribution is 5.83. The molecule has 0 saturated heterocycles. The molecule has 0 bridgehead atoms. The summed E-state index contributed by atoms with van der Waals surface area (Å²) in [5, 5.41) is 10.4. The SMILES string of the molecule is C[C@@H](OC(C)(C)C)[C@@H](NC(=O)OCC1c2ccccc2-c2ccccc21)C(=O)On1nnc2ccccc2c1=O. The molecule has 1 heterocycles. The molecule has 10 nitrogen and oxygen atoms in total. The number of carbonyl (C=O) groups excluding carboxylic acids is 2. The summed E-state index contributed by atoms with van der Waals surface area (Å²) in [6.45, 7) is 7.14. The van der Waals surface area contributed by atoms with E-state index in [1.807, 2.05) is 69.3 Å². The molecule has 4 aromatic rings. The van der Waals surface area contributed by atoms with Gasteiger partial charge in [0.05, 0.1) is 17.1 Å². The first kappa shape index (κ1) is 27.0. The first-order valence-electron chi connectivity index (χ1n) is 13.0. The minimum atomic E-state index is -1.31. The fraction of sp³-hybridized carbons (Fsp3) is 0.300. The van der Waals surface area contributed by atoms with Crippen LogP contribution in [0.4, 0.5) is 4.79 Å². The van der Waals surface area contributed by atoms with Crippen LogP contribution in [0.1, 0.15) is 44.7 Å². The molecule has 1 aliphatic carbocycles. The smallest absolute Gasteiger partial charge is 0.407 e. The van der Waals surface area contributed by atoms with Crippen LogP contribution in [0.3, 0.4) is 0 Å². The molecule has 0 fully saturated rings. The first-order valence-corrected chi connectivity index (χ1v) is 13.0. The van der Waals surface area contributed by atoms with E-state index in [1.165, 1.54) is 0 Å². The second-order valence-corrected chi connectivity index (χ2v) is 10.6. The Kier molecular flexibility index (Phi) is 7.36. The lowest BCUT2D eigenvalue weighted by Crippen LogP contribution is -2.54. The van der Waals surface area contributed by atoms with Gasteiger partial charge in [0.2, 0.25) is 0 Å². The predicted molar refractivity (Wildman–Crippen MR) is 148 cm³/mol. The summed E-state index contributed by atoms with van der Waals surface area (Å²) in [6, 6.07) is 21.2. The number of amides is 1. The van der Waals surface area contributed by atoms with Crippen molar-refractivity contribution in [2.45, 2.75) is 51.4 Å². The molecular formula is C30H30N4O6. The van der Waals surface area contributed by atoms with Crippen molar-refractivity contribution in [2.75, 3.05) is 6.61 Å². The van der Waals surface area contributed by atoms with E-state index in [2.05, 4.69) is 15.6 Å². The molecule has 206 valence electrons. The van der Waals surface area contributed by atoms with Crippen LogP contribution in [-0.2, 0) is 14.3 Å². The molecule has 1 aromatic heterocycles. The van der Waals surface area contributed by atoms with Crippen molar-refractivity contribution in [1.82, 2.24) is 20.5 Å². The van der Waals surface area contributed by atoms with E-state index in [4.69, 9.17) is 14.3 Å². The van der Waals surface area contributed by atoms with Gasteiger partial charge in [-0.1, -0.05) is 60.7 Å². The molecule has 0 saturated carbocycles. The number of hydrogen-bond acceptors (Lipinski definition) is 8. The van der Waals surface area contributed by atoms with Gasteiger partial charge in [0.15, 0.2) is 6.04 Å². The lowest BCUT2D eigenvalue weighted by Gasteiger charge is -2.29. The molecule has 1 amide bonds. The average molecular weight is 543 g/mol. The minimum Gasteiger partial charge on any atom is -0.449 e. The second-order valence-electron chi connectivity index (χ2n) is 10.6. The molecule has 3 aromatic carbocycles. The summed E-state index contributed by atoms with van der Waals surface area (Å²) in [5.41, 5.74) is 3.38. The largest absolute Gasteiger partial charge is 0.449 e. The Morgan fingerprint density at radius 2 is 1.55 bits per heavy atom. The molecule has 0 unspecified atom stereocenters. The van der Waals surface area contributed by atoms with Crippen molar-refractivity contribution in [3.63, 3.8) is 0 Å². The van der Waals surface area contributed by atoms with E-state index in [0.29, 0.717) is 10.4 Å². The van der Waals surface area contributed by atoms with Crippen LogP contribution in [0.5, 0.6) is 0 Å². The Morgan fingerprint density at radius 3 is 2.20 bits per heavy atom. The third-order valence-electron chi connectivity index (χ3n) is 6.60. The van der Waals surface area contributed by atoms with Gasteiger partial charge in [-0.15, -0.1) is 5.10 Å². The van der Waals surface area contributed by atoms with E-state index in [0.717, 1.165) is 22.3 Å². The number of carbonyl (C=O) groups is 2. The van der Waals surface area contributed by atoms with E-state index in [-0.39, 0.29) is 17.9 Å². The number of ether oxygens (including phenoxy) is 2. The molecule has 2 atom stereocenters. The summed E-state index contributed by atoms with van der Waals surface area (Å²) in [4.78, 5) is 44.8. The zero-order valence-corrected chi connectivity index (χ0v) is 22.7. The van der Waals surface area contributed by atoms with Gasteiger partial charge in [-0.3, -0.25) is 4.79 Å². The fourth-order valence-corrected chi connectivity index (χ4v) is 4.94. The maximum absolute atomic E-state index is 13.3. The molecule has 5 rings (SSSR count). The van der Waals surface area contributed by atoms with Gasteiger partial charge >= 0.3 is 17.6 Å². The van der Waals surface area contributed by atoms with E-state index < -0.39 is 35.4 Å². The van der Waals surface area contributed by atoms with Crippen LogP contribution in [0, 0.1) is 0 Å². The maximum Gasteiger partial charge on any atom is 0.407 e. The quantitative estimate of drug-likeness (QED) is 0.350. The molecule has 1 N–H and O–H groups in total. The Hall–Kier alpha value is -4.57. The molecular weight excluding hydrogens is 512 g/mol. The second kappa shape index (κ2) is 10.9. The Labute approximate surface area is 230 Å². The van der Waals surface area contributed by atoms with Crippen LogP contribution in [0.25, 0.3) is 22.0 Å². The lowest BCUT2D eigenvalue weighted by molar-refractivity contribution is -0.156. The predicted octanol–water partition coefficient (Wildman–Crippen LogP) is 3.86. The number of aromatic nitrogens is 3. The summed E-state index contributed by atoms with van der Waals surface area (Å²) >= 11 is 0.